The number of fused-ring (bicyclic) bond motifs is 1. The van der Waals surface area contributed by atoms with Crippen molar-refractivity contribution in [2.45, 2.75) is 30.4 Å². The molecule has 0 atom stereocenters. The molecule has 1 aromatic rings. The van der Waals surface area contributed by atoms with Crippen LogP contribution in [0.3, 0.4) is 0 Å². The Morgan fingerprint density at radius 2 is 2.13 bits per heavy atom. The van der Waals surface area contributed by atoms with Crippen LogP contribution < -0.4 is 0 Å². The molecule has 82 valence electrons. The molecule has 3 rings (SSSR count). The van der Waals surface area contributed by atoms with E-state index in [0.717, 1.165) is 37.6 Å². The Morgan fingerprint density at radius 3 is 2.87 bits per heavy atom. The fraction of sp³-hybridized carbons (Fsp3) is 0.700. The minimum absolute atomic E-state index is 0.531. The molecule has 5 heteroatoms. The number of hydrogen-bond acceptors (Lipinski definition) is 3. The van der Waals surface area contributed by atoms with Crippen LogP contribution in [-0.4, -0.2) is 23.0 Å². The zero-order valence-corrected chi connectivity index (χ0v) is 10.8. The van der Waals surface area contributed by atoms with Gasteiger partial charge in [0.25, 0.3) is 0 Å². The Hall–Kier alpha value is -0.0000000000000000555. The van der Waals surface area contributed by atoms with E-state index in [1.165, 1.54) is 15.9 Å². The van der Waals surface area contributed by atoms with Gasteiger partial charge in [0, 0.05) is 30.3 Å². The van der Waals surface area contributed by atoms with Crippen LogP contribution >= 0.6 is 27.7 Å². The number of thioether (sulfide) groups is 1. The van der Waals surface area contributed by atoms with Crippen molar-refractivity contribution in [3.8, 4) is 0 Å². The van der Waals surface area contributed by atoms with Gasteiger partial charge in [0.2, 0.25) is 0 Å². The maximum absolute atomic E-state index is 5.38. The summed E-state index contributed by atoms with van der Waals surface area (Å²) in [6.07, 6.45) is 2.18. The second kappa shape index (κ2) is 4.11. The van der Waals surface area contributed by atoms with Crippen molar-refractivity contribution in [2.24, 2.45) is 0 Å². The summed E-state index contributed by atoms with van der Waals surface area (Å²) in [6.45, 7) is 1.74. The van der Waals surface area contributed by atoms with Crippen molar-refractivity contribution in [1.29, 1.82) is 0 Å². The lowest BCUT2D eigenvalue weighted by molar-refractivity contribution is 0.0655. The monoisotopic (exact) mass is 288 g/mol. The van der Waals surface area contributed by atoms with Crippen LogP contribution in [0.2, 0.25) is 0 Å². The third kappa shape index (κ3) is 1.74. The van der Waals surface area contributed by atoms with E-state index in [1.54, 1.807) is 0 Å². The van der Waals surface area contributed by atoms with Gasteiger partial charge in [0.05, 0.1) is 11.7 Å². The van der Waals surface area contributed by atoms with Gasteiger partial charge in [-0.1, -0.05) is 0 Å². The number of rotatable bonds is 1. The summed E-state index contributed by atoms with van der Waals surface area (Å²) in [5.41, 5.74) is 2.69. The van der Waals surface area contributed by atoms with E-state index in [0.29, 0.717) is 6.04 Å². The van der Waals surface area contributed by atoms with Crippen molar-refractivity contribution < 1.29 is 4.74 Å². The van der Waals surface area contributed by atoms with Gasteiger partial charge in [-0.25, -0.2) is 0 Å². The predicted molar refractivity (Wildman–Crippen MR) is 64.0 cm³/mol. The van der Waals surface area contributed by atoms with Crippen molar-refractivity contribution >= 4 is 27.7 Å². The zero-order chi connectivity index (χ0) is 10.3. The van der Waals surface area contributed by atoms with Crippen LogP contribution in [0, 0.1) is 0 Å². The first kappa shape index (κ1) is 10.2. The Labute approximate surface area is 102 Å². The molecule has 0 aromatic carbocycles. The molecule has 1 aromatic heterocycles. The normalized spacial score (nSPS) is 21.9. The van der Waals surface area contributed by atoms with Crippen LogP contribution in [0.5, 0.6) is 0 Å². The zero-order valence-electron chi connectivity index (χ0n) is 8.41. The van der Waals surface area contributed by atoms with Gasteiger partial charge in [-0.3, -0.25) is 4.68 Å². The van der Waals surface area contributed by atoms with Crippen LogP contribution in [0.4, 0.5) is 0 Å². The van der Waals surface area contributed by atoms with Crippen LogP contribution in [0.15, 0.2) is 4.60 Å². The van der Waals surface area contributed by atoms with Crippen LogP contribution in [0.1, 0.15) is 30.1 Å². The highest BCUT2D eigenvalue weighted by Crippen LogP contribution is 2.37. The molecular weight excluding hydrogens is 276 g/mol. The lowest BCUT2D eigenvalue weighted by Crippen LogP contribution is -2.20. The van der Waals surface area contributed by atoms with Crippen molar-refractivity contribution in [3.05, 3.63) is 15.9 Å². The third-order valence-electron chi connectivity index (χ3n) is 3.05. The highest BCUT2D eigenvalue weighted by molar-refractivity contribution is 9.10. The first-order valence-corrected chi connectivity index (χ1v) is 7.22. The summed E-state index contributed by atoms with van der Waals surface area (Å²) in [6, 6.07) is 0.531. The van der Waals surface area contributed by atoms with Gasteiger partial charge in [0.15, 0.2) is 0 Å². The van der Waals surface area contributed by atoms with Gasteiger partial charge >= 0.3 is 0 Å². The molecule has 3 nitrogen and oxygen atoms in total. The van der Waals surface area contributed by atoms with Gasteiger partial charge in [-0.2, -0.15) is 16.9 Å². The fourth-order valence-electron chi connectivity index (χ4n) is 2.17. The minimum atomic E-state index is 0.531. The summed E-state index contributed by atoms with van der Waals surface area (Å²) in [7, 11) is 0. The molecule has 0 amide bonds. The highest BCUT2D eigenvalue weighted by atomic mass is 79.9. The van der Waals surface area contributed by atoms with Gasteiger partial charge in [-0.05, 0) is 28.8 Å². The molecule has 0 saturated carbocycles. The summed E-state index contributed by atoms with van der Waals surface area (Å²) in [4.78, 5) is 0. The lowest BCUT2D eigenvalue weighted by atomic mass is 10.1. The molecule has 3 heterocycles. The molecular formula is C10H13BrN2OS. The Kier molecular flexibility index (Phi) is 2.79. The Bertz CT molecular complexity index is 374. The number of aromatic nitrogens is 2. The summed E-state index contributed by atoms with van der Waals surface area (Å²) < 4.78 is 8.75. The maximum Gasteiger partial charge on any atom is 0.108 e. The first-order valence-electron chi connectivity index (χ1n) is 5.27. The van der Waals surface area contributed by atoms with Gasteiger partial charge in [0.1, 0.15) is 4.60 Å². The Balaban J connectivity index is 1.91. The van der Waals surface area contributed by atoms with Crippen LogP contribution in [0.25, 0.3) is 0 Å². The van der Waals surface area contributed by atoms with Crippen molar-refractivity contribution in [1.82, 2.24) is 9.78 Å². The molecule has 15 heavy (non-hydrogen) atoms. The topological polar surface area (TPSA) is 27.1 Å². The fourth-order valence-corrected chi connectivity index (χ4v) is 4.13. The van der Waals surface area contributed by atoms with E-state index in [-0.39, 0.29) is 0 Å². The number of hydrogen-bond donors (Lipinski definition) is 0. The highest BCUT2D eigenvalue weighted by Gasteiger charge is 2.25. The average Bonchev–Trinajstić information content (AvgIpc) is 2.83. The standard InChI is InChI=1S/C10H13BrN2OS/c11-10-8-5-15-6-9(8)12-13(10)7-1-3-14-4-2-7/h7H,1-6H2. The molecule has 0 aliphatic carbocycles. The minimum Gasteiger partial charge on any atom is -0.381 e. The molecule has 0 N–H and O–H groups in total. The summed E-state index contributed by atoms with van der Waals surface area (Å²) in [5, 5.41) is 4.71. The molecule has 1 fully saturated rings. The number of nitrogens with zero attached hydrogens (tertiary/aromatic N) is 2. The van der Waals surface area contributed by atoms with Gasteiger partial charge in [-0.15, -0.1) is 0 Å². The van der Waals surface area contributed by atoms with E-state index in [9.17, 15) is 0 Å². The number of halogens is 1. The molecule has 0 unspecified atom stereocenters. The molecule has 0 spiro atoms. The third-order valence-corrected chi connectivity index (χ3v) is 4.86. The molecule has 2 aliphatic rings. The lowest BCUT2D eigenvalue weighted by Gasteiger charge is -2.23. The van der Waals surface area contributed by atoms with E-state index >= 15 is 0 Å². The maximum atomic E-state index is 5.38. The molecule has 2 aliphatic heterocycles. The smallest absolute Gasteiger partial charge is 0.108 e. The first-order chi connectivity index (χ1) is 7.36. The van der Waals surface area contributed by atoms with Gasteiger partial charge < -0.3 is 4.74 Å². The second-order valence-corrected chi connectivity index (χ2v) is 5.73. The Morgan fingerprint density at radius 1 is 1.33 bits per heavy atom. The van der Waals surface area contributed by atoms with Crippen molar-refractivity contribution in [2.75, 3.05) is 13.2 Å². The summed E-state index contributed by atoms with van der Waals surface area (Å²) in [5.74, 6) is 2.18. The van der Waals surface area contributed by atoms with E-state index in [1.807, 2.05) is 11.8 Å². The second-order valence-electron chi connectivity index (χ2n) is 4.00. The SMILES string of the molecule is Brc1c2c(nn1C1CCOCC1)CSC2. The number of ether oxygens (including phenoxy) is 1. The van der Waals surface area contributed by atoms with E-state index in [4.69, 9.17) is 9.84 Å². The summed E-state index contributed by atoms with van der Waals surface area (Å²) >= 11 is 5.63. The van der Waals surface area contributed by atoms with E-state index < -0.39 is 0 Å². The van der Waals surface area contributed by atoms with E-state index in [2.05, 4.69) is 20.6 Å². The predicted octanol–water partition coefficient (Wildman–Crippen LogP) is 2.74. The average molecular weight is 289 g/mol. The molecule has 0 bridgehead atoms. The van der Waals surface area contributed by atoms with Crippen LogP contribution in [-0.2, 0) is 16.2 Å². The molecule has 1 saturated heterocycles. The quantitative estimate of drug-likeness (QED) is 0.795. The van der Waals surface area contributed by atoms with Crippen molar-refractivity contribution in [3.63, 3.8) is 0 Å². The molecule has 0 radical (unpaired) electrons. The largest absolute Gasteiger partial charge is 0.381 e.